The Bertz CT molecular complexity index is 605. The van der Waals surface area contributed by atoms with E-state index in [1.54, 1.807) is 0 Å². The number of piperidine rings is 2. The summed E-state index contributed by atoms with van der Waals surface area (Å²) in [7, 11) is 0. The normalized spacial score (nSPS) is 20.5. The van der Waals surface area contributed by atoms with Gasteiger partial charge >= 0.3 is 5.97 Å². The number of hydrogen-bond donors (Lipinski definition) is 1. The molecule has 0 atom stereocenters. The van der Waals surface area contributed by atoms with Crippen molar-refractivity contribution >= 4 is 23.2 Å². The molecular formula is C18H26N2O3S. The smallest absolute Gasteiger partial charge is 0.345 e. The fourth-order valence-corrected chi connectivity index (χ4v) is 4.59. The van der Waals surface area contributed by atoms with Crippen LogP contribution in [0.15, 0.2) is 6.07 Å². The van der Waals surface area contributed by atoms with Crippen LogP contribution in [0.3, 0.4) is 0 Å². The van der Waals surface area contributed by atoms with E-state index in [0.29, 0.717) is 16.7 Å². The van der Waals surface area contributed by atoms with Crippen LogP contribution in [0.4, 0.5) is 0 Å². The summed E-state index contributed by atoms with van der Waals surface area (Å²) in [6, 6.07) is 1.82. The number of carbonyl (C=O) groups is 2. The van der Waals surface area contributed by atoms with Crippen molar-refractivity contribution in [3.05, 3.63) is 21.4 Å². The van der Waals surface area contributed by atoms with E-state index in [0.717, 1.165) is 75.3 Å². The predicted molar refractivity (Wildman–Crippen MR) is 94.4 cm³/mol. The zero-order valence-corrected chi connectivity index (χ0v) is 15.1. The molecule has 1 amide bonds. The Kier molecular flexibility index (Phi) is 5.56. The molecule has 3 heterocycles. The van der Waals surface area contributed by atoms with Crippen molar-refractivity contribution in [1.82, 2.24) is 9.80 Å². The van der Waals surface area contributed by atoms with Crippen molar-refractivity contribution < 1.29 is 14.7 Å². The molecular weight excluding hydrogens is 324 g/mol. The molecule has 0 spiro atoms. The molecule has 2 saturated heterocycles. The highest BCUT2D eigenvalue weighted by Gasteiger charge is 2.25. The molecule has 0 saturated carbocycles. The Morgan fingerprint density at radius 2 is 2.04 bits per heavy atom. The third kappa shape index (κ3) is 4.16. The third-order valence-corrected chi connectivity index (χ3v) is 6.31. The molecule has 2 fully saturated rings. The number of thiophene rings is 1. The second kappa shape index (κ2) is 7.66. The molecule has 1 aromatic rings. The molecule has 1 aromatic heterocycles. The molecule has 0 radical (unpaired) electrons. The minimum atomic E-state index is -0.834. The minimum Gasteiger partial charge on any atom is -0.477 e. The molecule has 0 aromatic carbocycles. The Morgan fingerprint density at radius 3 is 2.67 bits per heavy atom. The molecule has 0 bridgehead atoms. The van der Waals surface area contributed by atoms with Crippen molar-refractivity contribution in [3.8, 4) is 0 Å². The summed E-state index contributed by atoms with van der Waals surface area (Å²) >= 11 is 1.36. The van der Waals surface area contributed by atoms with E-state index in [2.05, 4.69) is 9.80 Å². The molecule has 5 nitrogen and oxygen atoms in total. The van der Waals surface area contributed by atoms with Crippen LogP contribution in [0.2, 0.25) is 0 Å². The molecule has 6 heteroatoms. The number of amides is 1. The number of carbonyl (C=O) groups excluding carboxylic acids is 1. The van der Waals surface area contributed by atoms with Gasteiger partial charge in [0.05, 0.1) is 0 Å². The maximum Gasteiger partial charge on any atom is 0.345 e. The van der Waals surface area contributed by atoms with Crippen LogP contribution < -0.4 is 0 Å². The van der Waals surface area contributed by atoms with Crippen LogP contribution >= 0.6 is 11.3 Å². The summed E-state index contributed by atoms with van der Waals surface area (Å²) in [5.41, 5.74) is 1.14. The molecule has 0 unspecified atom stereocenters. The van der Waals surface area contributed by atoms with Gasteiger partial charge in [-0.15, -0.1) is 11.3 Å². The first-order chi connectivity index (χ1) is 11.5. The second-order valence-corrected chi connectivity index (χ2v) is 8.27. The molecule has 3 rings (SSSR count). The van der Waals surface area contributed by atoms with Gasteiger partial charge < -0.3 is 10.0 Å². The van der Waals surface area contributed by atoms with Crippen LogP contribution in [-0.4, -0.2) is 53.0 Å². The molecule has 0 aliphatic carbocycles. The Hall–Kier alpha value is -1.40. The van der Waals surface area contributed by atoms with Crippen molar-refractivity contribution in [2.75, 3.05) is 26.2 Å². The Morgan fingerprint density at radius 1 is 1.29 bits per heavy atom. The van der Waals surface area contributed by atoms with Gasteiger partial charge in [0.25, 0.3) is 0 Å². The molecule has 1 N–H and O–H groups in total. The first-order valence-corrected chi connectivity index (χ1v) is 9.67. The number of carboxylic acid groups (broad SMARTS) is 1. The number of carboxylic acids is 1. The quantitative estimate of drug-likeness (QED) is 0.887. The van der Waals surface area contributed by atoms with Crippen LogP contribution in [0.5, 0.6) is 0 Å². The standard InChI is InChI=1S/C18H26N2O3S/c1-13-15(10-16(24-13)18(22)23)12-19-8-5-14(6-9-19)11-20-7-3-2-4-17(20)21/h10,14H,2-9,11-12H2,1H3,(H,22,23). The first-order valence-electron chi connectivity index (χ1n) is 8.85. The van der Waals surface area contributed by atoms with Gasteiger partial charge in [0.15, 0.2) is 0 Å². The summed E-state index contributed by atoms with van der Waals surface area (Å²) in [5, 5.41) is 9.10. The van der Waals surface area contributed by atoms with Crippen molar-refractivity contribution in [2.24, 2.45) is 5.92 Å². The third-order valence-electron chi connectivity index (χ3n) is 5.23. The molecule has 2 aliphatic heterocycles. The van der Waals surface area contributed by atoms with E-state index in [9.17, 15) is 9.59 Å². The zero-order chi connectivity index (χ0) is 17.1. The van der Waals surface area contributed by atoms with E-state index in [1.807, 2.05) is 13.0 Å². The zero-order valence-electron chi connectivity index (χ0n) is 14.3. The number of aromatic carboxylic acids is 1. The summed E-state index contributed by atoms with van der Waals surface area (Å²) in [6.45, 7) is 6.76. The van der Waals surface area contributed by atoms with Crippen LogP contribution in [0.1, 0.15) is 52.2 Å². The molecule has 132 valence electrons. The fraction of sp³-hybridized carbons (Fsp3) is 0.667. The highest BCUT2D eigenvalue weighted by molar-refractivity contribution is 7.14. The monoisotopic (exact) mass is 350 g/mol. The number of aryl methyl sites for hydroxylation is 1. The largest absolute Gasteiger partial charge is 0.477 e. The second-order valence-electron chi connectivity index (χ2n) is 7.01. The van der Waals surface area contributed by atoms with Crippen molar-refractivity contribution in [2.45, 2.75) is 45.6 Å². The van der Waals surface area contributed by atoms with E-state index in [1.165, 1.54) is 11.3 Å². The van der Waals surface area contributed by atoms with Gasteiger partial charge in [-0.05, 0) is 63.2 Å². The van der Waals surface area contributed by atoms with Gasteiger partial charge in [0.1, 0.15) is 4.88 Å². The summed E-state index contributed by atoms with van der Waals surface area (Å²) in [5.74, 6) is 0.111. The molecule has 2 aliphatic rings. The van der Waals surface area contributed by atoms with Gasteiger partial charge in [0.2, 0.25) is 5.91 Å². The van der Waals surface area contributed by atoms with Crippen molar-refractivity contribution in [1.29, 1.82) is 0 Å². The van der Waals surface area contributed by atoms with Gasteiger partial charge in [-0.2, -0.15) is 0 Å². The summed E-state index contributed by atoms with van der Waals surface area (Å²) in [4.78, 5) is 29.0. The Balaban J connectivity index is 1.48. The lowest BCUT2D eigenvalue weighted by atomic mass is 9.95. The SMILES string of the molecule is Cc1sc(C(=O)O)cc1CN1CCC(CN2CCCCC2=O)CC1. The van der Waals surface area contributed by atoms with Gasteiger partial charge in [0, 0.05) is 30.9 Å². The average Bonchev–Trinajstić information content (AvgIpc) is 2.93. The number of hydrogen-bond acceptors (Lipinski definition) is 4. The predicted octanol–water partition coefficient (Wildman–Crippen LogP) is 2.98. The summed E-state index contributed by atoms with van der Waals surface area (Å²) < 4.78 is 0. The van der Waals surface area contributed by atoms with E-state index >= 15 is 0 Å². The topological polar surface area (TPSA) is 60.9 Å². The lowest BCUT2D eigenvalue weighted by Gasteiger charge is -2.36. The average molecular weight is 350 g/mol. The number of likely N-dealkylation sites (tertiary alicyclic amines) is 2. The minimum absolute atomic E-state index is 0.332. The highest BCUT2D eigenvalue weighted by atomic mass is 32.1. The number of rotatable bonds is 5. The van der Waals surface area contributed by atoms with Crippen molar-refractivity contribution in [3.63, 3.8) is 0 Å². The van der Waals surface area contributed by atoms with Gasteiger partial charge in [-0.25, -0.2) is 4.79 Å². The van der Waals surface area contributed by atoms with Gasteiger partial charge in [-0.1, -0.05) is 0 Å². The maximum atomic E-state index is 11.9. The lowest BCUT2D eigenvalue weighted by Crippen LogP contribution is -2.42. The highest BCUT2D eigenvalue weighted by Crippen LogP contribution is 2.26. The first kappa shape index (κ1) is 17.4. The van der Waals surface area contributed by atoms with Crippen LogP contribution in [0.25, 0.3) is 0 Å². The molecule has 24 heavy (non-hydrogen) atoms. The Labute approximate surface area is 147 Å². The van der Waals surface area contributed by atoms with E-state index in [-0.39, 0.29) is 0 Å². The summed E-state index contributed by atoms with van der Waals surface area (Å²) in [6.07, 6.45) is 5.17. The lowest BCUT2D eigenvalue weighted by molar-refractivity contribution is -0.134. The number of nitrogens with zero attached hydrogens (tertiary/aromatic N) is 2. The maximum absolute atomic E-state index is 11.9. The van der Waals surface area contributed by atoms with Crippen LogP contribution in [-0.2, 0) is 11.3 Å². The van der Waals surface area contributed by atoms with E-state index in [4.69, 9.17) is 5.11 Å². The van der Waals surface area contributed by atoms with Crippen LogP contribution in [0, 0.1) is 12.8 Å². The van der Waals surface area contributed by atoms with E-state index < -0.39 is 5.97 Å². The van der Waals surface area contributed by atoms with Gasteiger partial charge in [-0.3, -0.25) is 9.69 Å². The fourth-order valence-electron chi connectivity index (χ4n) is 3.72.